The maximum absolute atomic E-state index is 12.7. The van der Waals surface area contributed by atoms with Crippen LogP contribution < -0.4 is 21.3 Å². The molecule has 9 heteroatoms. The second kappa shape index (κ2) is 10.1. The van der Waals surface area contributed by atoms with Gasteiger partial charge in [0.1, 0.15) is 0 Å². The van der Waals surface area contributed by atoms with Gasteiger partial charge in [-0.25, -0.2) is 4.68 Å². The third-order valence-corrected chi connectivity index (χ3v) is 5.52. The molecule has 0 saturated carbocycles. The fourth-order valence-electron chi connectivity index (χ4n) is 3.84. The van der Waals surface area contributed by atoms with Gasteiger partial charge in [0.15, 0.2) is 5.69 Å². The number of hydrazine groups is 1. The average Bonchev–Trinajstić information content (AvgIpc) is 3.29. The first-order valence-electron chi connectivity index (χ1n) is 11.2. The summed E-state index contributed by atoms with van der Waals surface area (Å²) in [6.07, 6.45) is 5.00. The molecule has 1 aliphatic rings. The molecule has 2 heterocycles. The van der Waals surface area contributed by atoms with Crippen molar-refractivity contribution >= 4 is 40.3 Å². The summed E-state index contributed by atoms with van der Waals surface area (Å²) in [6.45, 7) is 3.01. The number of hydrogen-bond acceptors (Lipinski definition) is 5. The van der Waals surface area contributed by atoms with E-state index in [0.717, 1.165) is 24.2 Å². The van der Waals surface area contributed by atoms with Crippen LogP contribution in [0, 0.1) is 0 Å². The Balaban J connectivity index is 1.41. The van der Waals surface area contributed by atoms with E-state index in [-0.39, 0.29) is 17.2 Å². The molecule has 3 aromatic rings. The van der Waals surface area contributed by atoms with E-state index < -0.39 is 11.8 Å². The molecule has 2 N–H and O–H groups in total. The molecule has 0 aliphatic carbocycles. The third-order valence-electron chi connectivity index (χ3n) is 5.52. The first-order chi connectivity index (χ1) is 16.5. The first kappa shape index (κ1) is 22.9. The number of nitrogens with zero attached hydrogens (tertiary/aromatic N) is 3. The zero-order chi connectivity index (χ0) is 24.1. The Labute approximate surface area is 196 Å². The van der Waals surface area contributed by atoms with E-state index in [1.807, 2.05) is 31.2 Å². The number of carbonyl (C=O) groups excluding carboxylic acids is 3. The smallest absolute Gasteiger partial charge is 0.290 e. The van der Waals surface area contributed by atoms with Gasteiger partial charge in [-0.2, -0.15) is 5.10 Å². The quantitative estimate of drug-likeness (QED) is 0.434. The van der Waals surface area contributed by atoms with Crippen LogP contribution in [0.3, 0.4) is 0 Å². The van der Waals surface area contributed by atoms with Gasteiger partial charge in [-0.15, -0.1) is 0 Å². The number of carbonyl (C=O) groups is 3. The highest BCUT2D eigenvalue weighted by Crippen LogP contribution is 2.22. The van der Waals surface area contributed by atoms with Gasteiger partial charge in [-0.05, 0) is 42.7 Å². The molecule has 1 aromatic heterocycles. The molecule has 4 rings (SSSR count). The first-order valence-corrected chi connectivity index (χ1v) is 11.2. The van der Waals surface area contributed by atoms with Gasteiger partial charge < -0.3 is 4.90 Å². The number of rotatable bonds is 6. The number of benzene rings is 2. The zero-order valence-corrected chi connectivity index (χ0v) is 18.8. The number of aromatic nitrogens is 2. The SMILES string of the molecule is CCCn1nc(C(=O)NNC(=O)/C=C/c2ccc(N3CCCC3=O)cc2)c2ccccc2c1=O. The van der Waals surface area contributed by atoms with Gasteiger partial charge in [0, 0.05) is 36.7 Å². The zero-order valence-electron chi connectivity index (χ0n) is 18.8. The van der Waals surface area contributed by atoms with E-state index in [2.05, 4.69) is 16.0 Å². The molecule has 0 spiro atoms. The summed E-state index contributed by atoms with van der Waals surface area (Å²) in [5, 5.41) is 5.01. The molecule has 174 valence electrons. The van der Waals surface area contributed by atoms with Crippen LogP contribution in [-0.4, -0.2) is 34.0 Å². The standard InChI is InChI=1S/C25H25N5O4/c1-2-15-30-25(34)20-7-4-3-6-19(20)23(28-30)24(33)27-26-21(31)14-11-17-9-12-18(13-10-17)29-16-5-8-22(29)32/h3-4,6-7,9-14H,2,5,8,15-16H2,1H3,(H,26,31)(H,27,33)/b14-11+. The van der Waals surface area contributed by atoms with Crippen molar-refractivity contribution in [3.8, 4) is 0 Å². The number of hydrogen-bond donors (Lipinski definition) is 2. The minimum atomic E-state index is -0.623. The predicted molar refractivity (Wildman–Crippen MR) is 129 cm³/mol. The molecule has 34 heavy (non-hydrogen) atoms. The Morgan fingerprint density at radius 3 is 2.44 bits per heavy atom. The summed E-state index contributed by atoms with van der Waals surface area (Å²) in [6, 6.07) is 14.0. The fraction of sp³-hybridized carbons (Fsp3) is 0.240. The summed E-state index contributed by atoms with van der Waals surface area (Å²) in [5.41, 5.74) is 6.09. The number of amides is 3. The Kier molecular flexibility index (Phi) is 6.82. The van der Waals surface area contributed by atoms with E-state index in [4.69, 9.17) is 0 Å². The normalized spacial score (nSPS) is 13.6. The van der Waals surface area contributed by atoms with E-state index >= 15 is 0 Å². The van der Waals surface area contributed by atoms with Gasteiger partial charge in [0.25, 0.3) is 17.4 Å². The summed E-state index contributed by atoms with van der Waals surface area (Å²) in [5.74, 6) is -1.04. The number of anilines is 1. The van der Waals surface area contributed by atoms with Crippen molar-refractivity contribution in [1.82, 2.24) is 20.6 Å². The van der Waals surface area contributed by atoms with Crippen LogP contribution in [0.25, 0.3) is 16.8 Å². The molecule has 3 amide bonds. The Hall–Kier alpha value is -4.27. The maximum Gasteiger partial charge on any atom is 0.290 e. The van der Waals surface area contributed by atoms with E-state index in [1.54, 1.807) is 35.2 Å². The molecular formula is C25H25N5O4. The third kappa shape index (κ3) is 4.88. The van der Waals surface area contributed by atoms with Crippen LogP contribution in [0.5, 0.6) is 0 Å². The lowest BCUT2D eigenvalue weighted by molar-refractivity contribution is -0.117. The van der Waals surface area contributed by atoms with Crippen molar-refractivity contribution < 1.29 is 14.4 Å². The lowest BCUT2D eigenvalue weighted by Crippen LogP contribution is -2.42. The van der Waals surface area contributed by atoms with Crippen LogP contribution in [0.4, 0.5) is 5.69 Å². The van der Waals surface area contributed by atoms with Gasteiger partial charge in [-0.1, -0.05) is 37.3 Å². The van der Waals surface area contributed by atoms with Crippen molar-refractivity contribution in [2.75, 3.05) is 11.4 Å². The number of aryl methyl sites for hydroxylation is 1. The average molecular weight is 460 g/mol. The minimum Gasteiger partial charge on any atom is -0.312 e. The molecular weight excluding hydrogens is 434 g/mol. The highest BCUT2D eigenvalue weighted by atomic mass is 16.2. The molecule has 1 aliphatic heterocycles. The minimum absolute atomic E-state index is 0.0555. The van der Waals surface area contributed by atoms with Gasteiger partial charge >= 0.3 is 0 Å². The second-order valence-electron chi connectivity index (χ2n) is 7.94. The van der Waals surface area contributed by atoms with Crippen LogP contribution >= 0.6 is 0 Å². The molecule has 0 radical (unpaired) electrons. The predicted octanol–water partition coefficient (Wildman–Crippen LogP) is 2.41. The van der Waals surface area contributed by atoms with Crippen molar-refractivity contribution in [2.24, 2.45) is 0 Å². The molecule has 9 nitrogen and oxygen atoms in total. The van der Waals surface area contributed by atoms with Crippen LogP contribution in [0.15, 0.2) is 59.4 Å². The van der Waals surface area contributed by atoms with E-state index in [9.17, 15) is 19.2 Å². The maximum atomic E-state index is 12.7. The number of nitrogens with one attached hydrogen (secondary N) is 2. The fourth-order valence-corrected chi connectivity index (χ4v) is 3.84. The molecule has 0 atom stereocenters. The van der Waals surface area contributed by atoms with Gasteiger partial charge in [0.2, 0.25) is 5.91 Å². The van der Waals surface area contributed by atoms with E-state index in [0.29, 0.717) is 30.2 Å². The van der Waals surface area contributed by atoms with Gasteiger partial charge in [0.05, 0.1) is 5.39 Å². The van der Waals surface area contributed by atoms with Crippen molar-refractivity contribution in [2.45, 2.75) is 32.7 Å². The van der Waals surface area contributed by atoms with Crippen molar-refractivity contribution in [1.29, 1.82) is 0 Å². The summed E-state index contributed by atoms with van der Waals surface area (Å²) >= 11 is 0. The van der Waals surface area contributed by atoms with Crippen LogP contribution in [0.2, 0.25) is 0 Å². The van der Waals surface area contributed by atoms with Crippen molar-refractivity contribution in [3.05, 3.63) is 76.2 Å². The van der Waals surface area contributed by atoms with Crippen LogP contribution in [0.1, 0.15) is 42.2 Å². The van der Waals surface area contributed by atoms with Crippen LogP contribution in [-0.2, 0) is 16.1 Å². The highest BCUT2D eigenvalue weighted by Gasteiger charge is 2.21. The molecule has 1 fully saturated rings. The lowest BCUT2D eigenvalue weighted by atomic mass is 10.1. The number of fused-ring (bicyclic) bond motifs is 1. The van der Waals surface area contributed by atoms with E-state index in [1.165, 1.54) is 10.8 Å². The lowest BCUT2D eigenvalue weighted by Gasteiger charge is -2.15. The topological polar surface area (TPSA) is 113 Å². The Morgan fingerprint density at radius 2 is 1.76 bits per heavy atom. The Bertz CT molecular complexity index is 1330. The second-order valence-corrected chi connectivity index (χ2v) is 7.94. The molecule has 1 saturated heterocycles. The largest absolute Gasteiger partial charge is 0.312 e. The molecule has 2 aromatic carbocycles. The summed E-state index contributed by atoms with van der Waals surface area (Å²) in [4.78, 5) is 51.1. The van der Waals surface area contributed by atoms with Crippen molar-refractivity contribution in [3.63, 3.8) is 0 Å². The monoisotopic (exact) mass is 459 g/mol. The molecule has 0 unspecified atom stereocenters. The summed E-state index contributed by atoms with van der Waals surface area (Å²) < 4.78 is 1.26. The molecule has 0 bridgehead atoms. The Morgan fingerprint density at radius 1 is 1.03 bits per heavy atom. The summed E-state index contributed by atoms with van der Waals surface area (Å²) in [7, 11) is 0. The van der Waals surface area contributed by atoms with Gasteiger partial charge in [-0.3, -0.25) is 30.0 Å². The highest BCUT2D eigenvalue weighted by molar-refractivity contribution is 6.05.